The molecule has 98 valence electrons. The number of carbonyl (C=O) groups excluding carboxylic acids is 1. The van der Waals surface area contributed by atoms with Gasteiger partial charge in [-0.15, -0.1) is 11.3 Å². The average Bonchev–Trinajstić information content (AvgIpc) is 3.04. The number of hydrogen-bond donors (Lipinski definition) is 2. The molecule has 0 saturated carbocycles. The van der Waals surface area contributed by atoms with E-state index in [-0.39, 0.29) is 12.5 Å². The number of amides is 1. The number of nitrogens with zero attached hydrogens (tertiary/aromatic N) is 2. The van der Waals surface area contributed by atoms with Gasteiger partial charge < -0.3 is 11.1 Å². The maximum atomic E-state index is 12.1. The maximum Gasteiger partial charge on any atom is 0.267 e. The number of hydrogen-bond acceptors (Lipinski definition) is 4. The van der Waals surface area contributed by atoms with Crippen molar-refractivity contribution in [2.45, 2.75) is 13.5 Å². The zero-order valence-corrected chi connectivity index (χ0v) is 11.3. The van der Waals surface area contributed by atoms with Crippen molar-refractivity contribution in [1.82, 2.24) is 9.78 Å². The predicted octanol–water partition coefficient (Wildman–Crippen LogP) is 1.53. The molecule has 0 aliphatic rings. The Morgan fingerprint density at radius 2 is 2.47 bits per heavy atom. The second-order valence-corrected chi connectivity index (χ2v) is 4.62. The van der Waals surface area contributed by atoms with Gasteiger partial charge in [-0.05, 0) is 18.4 Å². The van der Waals surface area contributed by atoms with Gasteiger partial charge in [0.05, 0.1) is 18.4 Å². The van der Waals surface area contributed by atoms with E-state index in [0.29, 0.717) is 16.1 Å². The number of aromatic nitrogens is 2. The molecule has 2 aromatic heterocycles. The fourth-order valence-corrected chi connectivity index (χ4v) is 2.26. The molecule has 2 aromatic rings. The fraction of sp³-hybridized carbons (Fsp3) is 0.231. The molecule has 2 rings (SSSR count). The molecular weight excluding hydrogens is 260 g/mol. The molecule has 0 aliphatic heterocycles. The van der Waals surface area contributed by atoms with E-state index in [9.17, 15) is 4.79 Å². The fourth-order valence-electron chi connectivity index (χ4n) is 1.52. The minimum absolute atomic E-state index is 0.174. The lowest BCUT2D eigenvalue weighted by atomic mass is 10.2. The van der Waals surface area contributed by atoms with E-state index >= 15 is 0 Å². The third-order valence-corrected chi connectivity index (χ3v) is 3.32. The minimum atomic E-state index is -0.174. The third kappa shape index (κ3) is 3.22. The smallest absolute Gasteiger partial charge is 0.267 e. The van der Waals surface area contributed by atoms with E-state index in [0.717, 1.165) is 6.54 Å². The highest BCUT2D eigenvalue weighted by Gasteiger charge is 2.12. The first-order valence-electron chi connectivity index (χ1n) is 5.84. The van der Waals surface area contributed by atoms with Gasteiger partial charge in [0.2, 0.25) is 0 Å². The highest BCUT2D eigenvalue weighted by atomic mass is 32.1. The summed E-state index contributed by atoms with van der Waals surface area (Å²) in [6.45, 7) is 3.03. The lowest BCUT2D eigenvalue weighted by Gasteiger charge is -2.00. The Hall–Kier alpha value is -2.10. The van der Waals surface area contributed by atoms with Gasteiger partial charge in [0.15, 0.2) is 0 Å². The van der Waals surface area contributed by atoms with Crippen molar-refractivity contribution in [2.24, 2.45) is 5.73 Å². The van der Waals surface area contributed by atoms with Crippen LogP contribution >= 0.6 is 11.3 Å². The summed E-state index contributed by atoms with van der Waals surface area (Å²) in [4.78, 5) is 12.7. The van der Waals surface area contributed by atoms with Crippen LogP contribution in [0.5, 0.6) is 0 Å². The van der Waals surface area contributed by atoms with E-state index < -0.39 is 0 Å². The Morgan fingerprint density at radius 3 is 3.16 bits per heavy atom. The van der Waals surface area contributed by atoms with Gasteiger partial charge in [-0.25, -0.2) is 0 Å². The topological polar surface area (TPSA) is 72.9 Å². The molecule has 0 unspecified atom stereocenters. The van der Waals surface area contributed by atoms with Crippen molar-refractivity contribution in [2.75, 3.05) is 11.9 Å². The van der Waals surface area contributed by atoms with Gasteiger partial charge in [0.1, 0.15) is 4.88 Å². The molecule has 6 heteroatoms. The number of nitrogens with two attached hydrogens (primary N) is 1. The maximum absolute atomic E-state index is 12.1. The third-order valence-electron chi connectivity index (χ3n) is 2.41. The van der Waals surface area contributed by atoms with Gasteiger partial charge in [-0.3, -0.25) is 9.48 Å². The molecule has 2 heterocycles. The van der Waals surface area contributed by atoms with E-state index in [1.54, 1.807) is 17.1 Å². The van der Waals surface area contributed by atoms with Crippen LogP contribution in [0.3, 0.4) is 0 Å². The Morgan fingerprint density at radius 1 is 1.63 bits per heavy atom. The standard InChI is InChI=1S/C13H14N4OS/c1-2-17-9-11(8-15-17)16-13(18)12-10(4-3-6-14)5-7-19-12/h5,7-9H,2,6,14H2,1H3,(H,16,18). The monoisotopic (exact) mass is 274 g/mol. The van der Waals surface area contributed by atoms with Crippen LogP contribution in [0.2, 0.25) is 0 Å². The molecule has 0 spiro atoms. The number of nitrogens with one attached hydrogen (secondary N) is 1. The van der Waals surface area contributed by atoms with Crippen LogP contribution in [0.1, 0.15) is 22.2 Å². The van der Waals surface area contributed by atoms with Crippen molar-refractivity contribution in [3.8, 4) is 11.8 Å². The molecule has 5 nitrogen and oxygen atoms in total. The first-order valence-corrected chi connectivity index (χ1v) is 6.72. The van der Waals surface area contributed by atoms with Crippen LogP contribution in [0, 0.1) is 11.8 Å². The van der Waals surface area contributed by atoms with Crippen LogP contribution in [0.25, 0.3) is 0 Å². The molecule has 0 radical (unpaired) electrons. The summed E-state index contributed by atoms with van der Waals surface area (Å²) in [6, 6.07) is 1.82. The van der Waals surface area contributed by atoms with Crippen LogP contribution in [0.4, 0.5) is 5.69 Å². The Bertz CT molecular complexity index is 632. The van der Waals surface area contributed by atoms with Gasteiger partial charge in [0, 0.05) is 18.3 Å². The summed E-state index contributed by atoms with van der Waals surface area (Å²) in [5.74, 6) is 5.47. The zero-order chi connectivity index (χ0) is 13.7. The van der Waals surface area contributed by atoms with Crippen LogP contribution in [-0.2, 0) is 6.54 Å². The molecule has 0 fully saturated rings. The second-order valence-electron chi connectivity index (χ2n) is 3.71. The second kappa shape index (κ2) is 6.18. The van der Waals surface area contributed by atoms with Crippen molar-refractivity contribution >= 4 is 22.9 Å². The van der Waals surface area contributed by atoms with Crippen molar-refractivity contribution in [1.29, 1.82) is 0 Å². The molecule has 0 bridgehead atoms. The summed E-state index contributed by atoms with van der Waals surface area (Å²) in [7, 11) is 0. The molecule has 0 aliphatic carbocycles. The summed E-state index contributed by atoms with van der Waals surface area (Å²) in [6.07, 6.45) is 3.41. The summed E-state index contributed by atoms with van der Waals surface area (Å²) >= 11 is 1.36. The van der Waals surface area contributed by atoms with Crippen LogP contribution < -0.4 is 11.1 Å². The summed E-state index contributed by atoms with van der Waals surface area (Å²) < 4.78 is 1.75. The minimum Gasteiger partial charge on any atom is -0.320 e. The van der Waals surface area contributed by atoms with Gasteiger partial charge in [-0.2, -0.15) is 5.10 Å². The highest BCUT2D eigenvalue weighted by Crippen LogP contribution is 2.18. The normalized spacial score (nSPS) is 9.79. The zero-order valence-electron chi connectivity index (χ0n) is 10.5. The molecule has 1 amide bonds. The van der Waals surface area contributed by atoms with Crippen LogP contribution in [0.15, 0.2) is 23.8 Å². The predicted molar refractivity (Wildman–Crippen MR) is 76.1 cm³/mol. The van der Waals surface area contributed by atoms with Crippen molar-refractivity contribution in [3.05, 3.63) is 34.3 Å². The van der Waals surface area contributed by atoms with Crippen molar-refractivity contribution in [3.63, 3.8) is 0 Å². The van der Waals surface area contributed by atoms with E-state index in [2.05, 4.69) is 22.3 Å². The quantitative estimate of drug-likeness (QED) is 0.834. The Kier molecular flexibility index (Phi) is 4.34. The molecule has 0 saturated heterocycles. The molecule has 19 heavy (non-hydrogen) atoms. The number of anilines is 1. The SMILES string of the molecule is CCn1cc(NC(=O)c2sccc2C#CCN)cn1. The lowest BCUT2D eigenvalue weighted by molar-refractivity contribution is 0.103. The Balaban J connectivity index is 2.13. The first-order chi connectivity index (χ1) is 9.24. The number of carbonyl (C=O) groups is 1. The van der Waals surface area contributed by atoms with Crippen molar-refractivity contribution < 1.29 is 4.79 Å². The Labute approximate surface area is 115 Å². The first kappa shape index (κ1) is 13.3. The van der Waals surface area contributed by atoms with Gasteiger partial charge in [-0.1, -0.05) is 11.8 Å². The number of rotatable bonds is 3. The number of aryl methyl sites for hydroxylation is 1. The van der Waals surface area contributed by atoms with E-state index in [1.165, 1.54) is 11.3 Å². The van der Waals surface area contributed by atoms with E-state index in [4.69, 9.17) is 5.73 Å². The van der Waals surface area contributed by atoms with Gasteiger partial charge in [0.25, 0.3) is 5.91 Å². The van der Waals surface area contributed by atoms with Gasteiger partial charge >= 0.3 is 0 Å². The van der Waals surface area contributed by atoms with Crippen LogP contribution in [-0.4, -0.2) is 22.2 Å². The summed E-state index contributed by atoms with van der Waals surface area (Å²) in [5, 5.41) is 8.75. The lowest BCUT2D eigenvalue weighted by Crippen LogP contribution is -2.11. The molecule has 0 atom stereocenters. The summed E-state index contributed by atoms with van der Waals surface area (Å²) in [5.41, 5.74) is 6.71. The molecule has 3 N–H and O–H groups in total. The average molecular weight is 274 g/mol. The molecular formula is C13H14N4OS. The number of thiophene rings is 1. The van der Waals surface area contributed by atoms with E-state index in [1.807, 2.05) is 18.4 Å². The highest BCUT2D eigenvalue weighted by molar-refractivity contribution is 7.12. The molecule has 0 aromatic carbocycles. The largest absolute Gasteiger partial charge is 0.320 e.